The monoisotopic (exact) mass is 327 g/mol. The molecular formula is C18H21N3O3. The molecule has 6 nitrogen and oxygen atoms in total. The number of nitrogens with zero attached hydrogens (tertiary/aromatic N) is 1. The first kappa shape index (κ1) is 17.3. The summed E-state index contributed by atoms with van der Waals surface area (Å²) in [5, 5.41) is 6.98. The van der Waals surface area contributed by atoms with Gasteiger partial charge in [0.15, 0.2) is 0 Å². The molecule has 2 aromatic carbocycles. The van der Waals surface area contributed by atoms with Gasteiger partial charge in [-0.3, -0.25) is 4.79 Å². The highest BCUT2D eigenvalue weighted by molar-refractivity contribution is 5.86. The lowest BCUT2D eigenvalue weighted by molar-refractivity contribution is -0.119. The van der Waals surface area contributed by atoms with Crippen LogP contribution in [-0.2, 0) is 4.79 Å². The number of rotatable bonds is 7. The van der Waals surface area contributed by atoms with Crippen LogP contribution in [0.2, 0.25) is 0 Å². The van der Waals surface area contributed by atoms with Gasteiger partial charge in [0.1, 0.15) is 11.5 Å². The summed E-state index contributed by atoms with van der Waals surface area (Å²) in [4.78, 5) is 11.8. The first-order chi connectivity index (χ1) is 11.6. The molecule has 0 fully saturated rings. The highest BCUT2D eigenvalue weighted by atomic mass is 16.5. The minimum absolute atomic E-state index is 0.135. The lowest BCUT2D eigenvalue weighted by Gasteiger charge is -2.07. The van der Waals surface area contributed by atoms with Crippen LogP contribution in [0.15, 0.2) is 47.6 Å². The van der Waals surface area contributed by atoms with Crippen molar-refractivity contribution in [2.45, 2.75) is 6.92 Å². The van der Waals surface area contributed by atoms with E-state index in [4.69, 9.17) is 9.47 Å². The second-order valence-corrected chi connectivity index (χ2v) is 5.12. The Balaban J connectivity index is 1.89. The smallest absolute Gasteiger partial charge is 0.259 e. The Morgan fingerprint density at radius 3 is 2.54 bits per heavy atom. The molecule has 1 amide bonds. The Kier molecular flexibility index (Phi) is 6.19. The van der Waals surface area contributed by atoms with Crippen LogP contribution in [0, 0.1) is 6.92 Å². The number of amides is 1. The highest BCUT2D eigenvalue weighted by Crippen LogP contribution is 2.22. The van der Waals surface area contributed by atoms with Crippen LogP contribution in [0.5, 0.6) is 11.5 Å². The van der Waals surface area contributed by atoms with Crippen molar-refractivity contribution in [2.24, 2.45) is 5.10 Å². The predicted molar refractivity (Wildman–Crippen MR) is 95.0 cm³/mol. The van der Waals surface area contributed by atoms with Crippen LogP contribution >= 0.6 is 0 Å². The highest BCUT2D eigenvalue weighted by Gasteiger charge is 2.03. The molecule has 0 spiro atoms. The fraction of sp³-hybridized carbons (Fsp3) is 0.222. The number of hydrogen-bond acceptors (Lipinski definition) is 5. The molecular weight excluding hydrogens is 306 g/mol. The van der Waals surface area contributed by atoms with Gasteiger partial charge in [0.25, 0.3) is 5.91 Å². The summed E-state index contributed by atoms with van der Waals surface area (Å²) in [7, 11) is 3.16. The second kappa shape index (κ2) is 8.57. The maximum Gasteiger partial charge on any atom is 0.259 e. The minimum atomic E-state index is -0.242. The zero-order valence-electron chi connectivity index (χ0n) is 14.0. The van der Waals surface area contributed by atoms with Gasteiger partial charge in [-0.2, -0.15) is 5.10 Å². The van der Waals surface area contributed by atoms with Crippen molar-refractivity contribution in [3.8, 4) is 11.5 Å². The van der Waals surface area contributed by atoms with E-state index in [1.807, 2.05) is 31.2 Å². The number of hydrogen-bond donors (Lipinski definition) is 2. The number of aryl methyl sites for hydroxylation is 1. The van der Waals surface area contributed by atoms with E-state index in [0.29, 0.717) is 17.1 Å². The zero-order chi connectivity index (χ0) is 17.4. The quantitative estimate of drug-likeness (QED) is 0.606. The van der Waals surface area contributed by atoms with Gasteiger partial charge in [-0.1, -0.05) is 17.7 Å². The summed E-state index contributed by atoms with van der Waals surface area (Å²) in [5.74, 6) is 1.09. The number of benzene rings is 2. The Hall–Kier alpha value is -3.02. The Morgan fingerprint density at radius 1 is 1.12 bits per heavy atom. The molecule has 0 radical (unpaired) electrons. The molecule has 0 aliphatic heterocycles. The molecule has 0 bridgehead atoms. The molecule has 0 saturated heterocycles. The van der Waals surface area contributed by atoms with Crippen molar-refractivity contribution in [3.63, 3.8) is 0 Å². The van der Waals surface area contributed by atoms with Gasteiger partial charge in [-0.25, -0.2) is 5.43 Å². The van der Waals surface area contributed by atoms with Crippen LogP contribution in [0.1, 0.15) is 11.1 Å². The van der Waals surface area contributed by atoms with Gasteiger partial charge < -0.3 is 14.8 Å². The number of hydrazone groups is 1. The third kappa shape index (κ3) is 5.01. The predicted octanol–water partition coefficient (Wildman–Crippen LogP) is 2.57. The molecule has 24 heavy (non-hydrogen) atoms. The fourth-order valence-corrected chi connectivity index (χ4v) is 2.01. The molecule has 2 aromatic rings. The van der Waals surface area contributed by atoms with E-state index < -0.39 is 0 Å². The van der Waals surface area contributed by atoms with E-state index in [2.05, 4.69) is 15.8 Å². The zero-order valence-corrected chi connectivity index (χ0v) is 14.0. The van der Waals surface area contributed by atoms with E-state index in [-0.39, 0.29) is 12.5 Å². The molecule has 0 aromatic heterocycles. The normalized spacial score (nSPS) is 10.5. The molecule has 0 saturated carbocycles. The van der Waals surface area contributed by atoms with Crippen LogP contribution < -0.4 is 20.2 Å². The minimum Gasteiger partial charge on any atom is -0.497 e. The molecule has 2 rings (SSSR count). The number of ether oxygens (including phenoxy) is 2. The summed E-state index contributed by atoms with van der Waals surface area (Å²) in [6.07, 6.45) is 1.52. The topological polar surface area (TPSA) is 72.0 Å². The fourth-order valence-electron chi connectivity index (χ4n) is 2.01. The molecule has 0 aliphatic carbocycles. The summed E-state index contributed by atoms with van der Waals surface area (Å²) in [5.41, 5.74) is 5.24. The van der Waals surface area contributed by atoms with Crippen molar-refractivity contribution in [3.05, 3.63) is 53.6 Å². The van der Waals surface area contributed by atoms with Crippen molar-refractivity contribution in [1.82, 2.24) is 5.43 Å². The maximum absolute atomic E-state index is 11.8. The molecule has 6 heteroatoms. The SMILES string of the molecule is COc1ccc(OC)c(/C=N\NC(=O)CNc2ccc(C)cc2)c1. The number of methoxy groups -OCH3 is 2. The van der Waals surface area contributed by atoms with E-state index in [1.54, 1.807) is 32.4 Å². The standard InChI is InChI=1S/C18H21N3O3/c1-13-4-6-15(7-5-13)19-12-18(22)21-20-11-14-10-16(23-2)8-9-17(14)24-3/h4-11,19H,12H2,1-3H3,(H,21,22)/b20-11-. The van der Waals surface area contributed by atoms with Crippen molar-refractivity contribution in [1.29, 1.82) is 0 Å². The average Bonchev–Trinajstić information content (AvgIpc) is 2.61. The lowest BCUT2D eigenvalue weighted by atomic mass is 10.2. The summed E-state index contributed by atoms with van der Waals surface area (Å²) >= 11 is 0. The lowest BCUT2D eigenvalue weighted by Crippen LogP contribution is -2.25. The number of carbonyl (C=O) groups excluding carboxylic acids is 1. The van der Waals surface area contributed by atoms with Gasteiger partial charge in [0.05, 0.1) is 27.0 Å². The number of anilines is 1. The molecule has 0 heterocycles. The van der Waals surface area contributed by atoms with Gasteiger partial charge in [-0.15, -0.1) is 0 Å². The summed E-state index contributed by atoms with van der Waals surface area (Å²) in [6, 6.07) is 13.2. The third-order valence-corrected chi connectivity index (χ3v) is 3.33. The molecule has 0 unspecified atom stereocenters. The van der Waals surface area contributed by atoms with E-state index >= 15 is 0 Å². The van der Waals surface area contributed by atoms with Crippen molar-refractivity contribution < 1.29 is 14.3 Å². The Morgan fingerprint density at radius 2 is 1.88 bits per heavy atom. The molecule has 0 atom stereocenters. The summed E-state index contributed by atoms with van der Waals surface area (Å²) < 4.78 is 10.4. The largest absolute Gasteiger partial charge is 0.497 e. The molecule has 126 valence electrons. The first-order valence-corrected chi connectivity index (χ1v) is 7.47. The molecule has 0 aliphatic rings. The van der Waals surface area contributed by atoms with Gasteiger partial charge in [0, 0.05) is 11.3 Å². The Bertz CT molecular complexity index is 712. The average molecular weight is 327 g/mol. The van der Waals surface area contributed by atoms with Crippen LogP contribution in [-0.4, -0.2) is 32.9 Å². The first-order valence-electron chi connectivity index (χ1n) is 7.47. The van der Waals surface area contributed by atoms with Crippen LogP contribution in [0.4, 0.5) is 5.69 Å². The summed E-state index contributed by atoms with van der Waals surface area (Å²) in [6.45, 7) is 2.15. The number of carbonyl (C=O) groups is 1. The van der Waals surface area contributed by atoms with Crippen molar-refractivity contribution >= 4 is 17.8 Å². The van der Waals surface area contributed by atoms with Gasteiger partial charge in [-0.05, 0) is 37.3 Å². The van der Waals surface area contributed by atoms with Crippen LogP contribution in [0.3, 0.4) is 0 Å². The van der Waals surface area contributed by atoms with Crippen LogP contribution in [0.25, 0.3) is 0 Å². The number of nitrogens with one attached hydrogen (secondary N) is 2. The van der Waals surface area contributed by atoms with E-state index in [0.717, 1.165) is 5.69 Å². The maximum atomic E-state index is 11.8. The van der Waals surface area contributed by atoms with Gasteiger partial charge in [0.2, 0.25) is 0 Å². The van der Waals surface area contributed by atoms with E-state index in [1.165, 1.54) is 11.8 Å². The third-order valence-electron chi connectivity index (χ3n) is 3.33. The van der Waals surface area contributed by atoms with Crippen molar-refractivity contribution in [2.75, 3.05) is 26.1 Å². The van der Waals surface area contributed by atoms with Gasteiger partial charge >= 0.3 is 0 Å². The second-order valence-electron chi connectivity index (χ2n) is 5.12. The Labute approximate surface area is 141 Å². The van der Waals surface area contributed by atoms with E-state index in [9.17, 15) is 4.79 Å². The molecule has 2 N–H and O–H groups in total.